The summed E-state index contributed by atoms with van der Waals surface area (Å²) in [6.45, 7) is 11.9. The monoisotopic (exact) mass is 272 g/mol. The van der Waals surface area contributed by atoms with Gasteiger partial charge in [0.05, 0.1) is 23.2 Å². The first-order chi connectivity index (χ1) is 9.19. The molecule has 0 saturated carbocycles. The van der Waals surface area contributed by atoms with Crippen LogP contribution in [0.1, 0.15) is 51.7 Å². The molecule has 2 heterocycles. The zero-order valence-corrected chi connectivity index (χ0v) is 13.0. The summed E-state index contributed by atoms with van der Waals surface area (Å²) in [4.78, 5) is 4.23. The Labute approximate surface area is 121 Å². The van der Waals surface area contributed by atoms with Gasteiger partial charge in [-0.3, -0.25) is 4.98 Å². The molecule has 0 spiro atoms. The minimum absolute atomic E-state index is 0.216. The Kier molecular flexibility index (Phi) is 3.66. The summed E-state index contributed by atoms with van der Waals surface area (Å²) in [6.07, 6.45) is 3.52. The van der Waals surface area contributed by atoms with Crippen molar-refractivity contribution in [1.82, 2.24) is 4.98 Å². The number of aromatic nitrogens is 1. The highest BCUT2D eigenvalue weighted by Gasteiger charge is 2.52. The van der Waals surface area contributed by atoms with Gasteiger partial charge in [0.15, 0.2) is 0 Å². The van der Waals surface area contributed by atoms with Crippen molar-refractivity contribution in [2.24, 2.45) is 0 Å². The molecule has 1 aromatic heterocycles. The van der Waals surface area contributed by atoms with Crippen molar-refractivity contribution in [2.75, 3.05) is 0 Å². The first-order valence-corrected chi connectivity index (χ1v) is 6.89. The highest BCUT2D eigenvalue weighted by atomic mass is 16.7. The molecule has 1 saturated heterocycles. The first kappa shape index (κ1) is 15.0. The molecular formula is C15H21BN2O2. The molecule has 0 aromatic carbocycles. The van der Waals surface area contributed by atoms with Crippen LogP contribution in [0.4, 0.5) is 0 Å². The maximum absolute atomic E-state index is 9.23. The molecule has 0 bridgehead atoms. The third kappa shape index (κ3) is 2.34. The minimum Gasteiger partial charge on any atom is -0.399 e. The molecular weight excluding hydrogens is 251 g/mol. The minimum atomic E-state index is -0.474. The number of rotatable bonds is 2. The van der Waals surface area contributed by atoms with Gasteiger partial charge < -0.3 is 9.31 Å². The third-order valence-corrected chi connectivity index (χ3v) is 4.35. The van der Waals surface area contributed by atoms with Crippen molar-refractivity contribution in [1.29, 1.82) is 5.26 Å². The summed E-state index contributed by atoms with van der Waals surface area (Å²) < 4.78 is 12.1. The quantitative estimate of drug-likeness (QED) is 0.775. The molecule has 0 amide bonds. The van der Waals surface area contributed by atoms with Crippen LogP contribution in [-0.4, -0.2) is 23.3 Å². The number of hydrogen-bond donors (Lipinski definition) is 0. The molecule has 1 fully saturated rings. The van der Waals surface area contributed by atoms with Crippen LogP contribution in [0.3, 0.4) is 0 Å². The van der Waals surface area contributed by atoms with Crippen molar-refractivity contribution < 1.29 is 9.31 Å². The lowest BCUT2D eigenvalue weighted by atomic mass is 9.73. The lowest BCUT2D eigenvalue weighted by molar-refractivity contribution is 0.00578. The molecule has 0 N–H and O–H groups in total. The van der Waals surface area contributed by atoms with Gasteiger partial charge in [0.1, 0.15) is 0 Å². The Balaban J connectivity index is 2.46. The maximum Gasteiger partial charge on any atom is 0.496 e. The van der Waals surface area contributed by atoms with E-state index in [2.05, 4.69) is 11.1 Å². The van der Waals surface area contributed by atoms with E-state index >= 15 is 0 Å². The van der Waals surface area contributed by atoms with E-state index in [9.17, 15) is 5.26 Å². The van der Waals surface area contributed by atoms with Gasteiger partial charge in [0, 0.05) is 17.9 Å². The molecule has 2 rings (SSSR count). The lowest BCUT2D eigenvalue weighted by Crippen LogP contribution is -2.41. The number of nitriles is 1. The standard InChI is InChI=1S/C15H21BN2O2/c1-10(7-17)13-11(2)8-18-9-12(13)16-19-14(3,4)15(5,6)20-16/h8-10H,1-6H3. The van der Waals surface area contributed by atoms with Crippen LogP contribution >= 0.6 is 0 Å². The molecule has 0 aliphatic carbocycles. The average Bonchev–Trinajstić information content (AvgIpc) is 2.57. The number of nitrogens with zero attached hydrogens (tertiary/aromatic N) is 2. The predicted octanol–water partition coefficient (Wildman–Crippen LogP) is 2.32. The third-order valence-electron chi connectivity index (χ3n) is 4.35. The summed E-state index contributed by atoms with van der Waals surface area (Å²) >= 11 is 0. The molecule has 1 atom stereocenters. The Morgan fingerprint density at radius 1 is 1.20 bits per heavy atom. The van der Waals surface area contributed by atoms with Gasteiger partial charge in [-0.05, 0) is 52.7 Å². The van der Waals surface area contributed by atoms with Crippen LogP contribution in [0, 0.1) is 18.3 Å². The number of aryl methyl sites for hydroxylation is 1. The molecule has 5 heteroatoms. The summed E-state index contributed by atoms with van der Waals surface area (Å²) in [5.74, 6) is -0.216. The van der Waals surface area contributed by atoms with E-state index in [0.29, 0.717) is 0 Å². The van der Waals surface area contributed by atoms with Gasteiger partial charge in [0.25, 0.3) is 0 Å². The summed E-state index contributed by atoms with van der Waals surface area (Å²) in [7, 11) is -0.474. The average molecular weight is 272 g/mol. The van der Waals surface area contributed by atoms with Gasteiger partial charge in [-0.25, -0.2) is 0 Å². The van der Waals surface area contributed by atoms with Crippen molar-refractivity contribution in [3.05, 3.63) is 23.5 Å². The predicted molar refractivity (Wildman–Crippen MR) is 78.7 cm³/mol. The smallest absolute Gasteiger partial charge is 0.399 e. The van der Waals surface area contributed by atoms with E-state index in [1.54, 1.807) is 12.4 Å². The fourth-order valence-electron chi connectivity index (χ4n) is 2.41. The second kappa shape index (κ2) is 4.87. The van der Waals surface area contributed by atoms with E-state index in [1.807, 2.05) is 41.5 Å². The van der Waals surface area contributed by atoms with Gasteiger partial charge in [-0.2, -0.15) is 5.26 Å². The fourth-order valence-corrected chi connectivity index (χ4v) is 2.41. The van der Waals surface area contributed by atoms with Crippen molar-refractivity contribution >= 4 is 12.6 Å². The molecule has 1 aromatic rings. The molecule has 1 aliphatic rings. The summed E-state index contributed by atoms with van der Waals surface area (Å²) in [6, 6.07) is 2.29. The molecule has 0 radical (unpaired) electrons. The van der Waals surface area contributed by atoms with Gasteiger partial charge in [-0.15, -0.1) is 0 Å². The fraction of sp³-hybridized carbons (Fsp3) is 0.600. The zero-order valence-electron chi connectivity index (χ0n) is 13.0. The Morgan fingerprint density at radius 2 is 1.75 bits per heavy atom. The highest BCUT2D eigenvalue weighted by Crippen LogP contribution is 2.37. The topological polar surface area (TPSA) is 55.1 Å². The molecule has 1 aliphatic heterocycles. The Hall–Kier alpha value is -1.38. The largest absolute Gasteiger partial charge is 0.496 e. The first-order valence-electron chi connectivity index (χ1n) is 6.89. The normalized spacial score (nSPS) is 21.6. The SMILES string of the molecule is Cc1cncc(B2OC(C)(C)C(C)(C)O2)c1C(C)C#N. The summed E-state index contributed by atoms with van der Waals surface area (Å²) in [5, 5.41) is 9.23. The van der Waals surface area contributed by atoms with E-state index in [4.69, 9.17) is 9.31 Å². The zero-order chi connectivity index (χ0) is 15.1. The van der Waals surface area contributed by atoms with E-state index < -0.39 is 18.3 Å². The lowest BCUT2D eigenvalue weighted by Gasteiger charge is -2.32. The van der Waals surface area contributed by atoms with Crippen LogP contribution < -0.4 is 5.46 Å². The van der Waals surface area contributed by atoms with Gasteiger partial charge in [0.2, 0.25) is 0 Å². The highest BCUT2D eigenvalue weighted by molar-refractivity contribution is 6.62. The molecule has 1 unspecified atom stereocenters. The van der Waals surface area contributed by atoms with Gasteiger partial charge >= 0.3 is 7.12 Å². The maximum atomic E-state index is 9.23. The van der Waals surface area contributed by atoms with Gasteiger partial charge in [-0.1, -0.05) is 0 Å². The molecule has 20 heavy (non-hydrogen) atoms. The van der Waals surface area contributed by atoms with Crippen molar-refractivity contribution in [2.45, 2.75) is 58.7 Å². The number of pyridine rings is 1. The van der Waals surface area contributed by atoms with E-state index in [0.717, 1.165) is 16.6 Å². The Bertz CT molecular complexity index is 547. The van der Waals surface area contributed by atoms with Crippen LogP contribution in [0.15, 0.2) is 12.4 Å². The van der Waals surface area contributed by atoms with Crippen molar-refractivity contribution in [3.63, 3.8) is 0 Å². The molecule has 106 valence electrons. The number of hydrogen-bond acceptors (Lipinski definition) is 4. The van der Waals surface area contributed by atoms with E-state index in [-0.39, 0.29) is 5.92 Å². The van der Waals surface area contributed by atoms with Crippen LogP contribution in [0.5, 0.6) is 0 Å². The van der Waals surface area contributed by atoms with Crippen molar-refractivity contribution in [3.8, 4) is 6.07 Å². The van der Waals surface area contributed by atoms with Crippen LogP contribution in [0.2, 0.25) is 0 Å². The second-order valence-corrected chi connectivity index (χ2v) is 6.40. The second-order valence-electron chi connectivity index (χ2n) is 6.40. The van der Waals surface area contributed by atoms with Crippen LogP contribution in [-0.2, 0) is 9.31 Å². The van der Waals surface area contributed by atoms with Crippen LogP contribution in [0.25, 0.3) is 0 Å². The van der Waals surface area contributed by atoms with E-state index in [1.165, 1.54) is 0 Å². The molecule has 4 nitrogen and oxygen atoms in total. The summed E-state index contributed by atoms with van der Waals surface area (Å²) in [5.41, 5.74) is 2.02. The Morgan fingerprint density at radius 3 is 2.25 bits per heavy atom.